The van der Waals surface area contributed by atoms with Crippen molar-refractivity contribution in [3.8, 4) is 34.4 Å². The molecule has 9 rings (SSSR count). The number of alkyl carbamates (subject to hydrolysis) is 1. The summed E-state index contributed by atoms with van der Waals surface area (Å²) in [5.74, 6) is 5.17. The highest BCUT2D eigenvalue weighted by Crippen LogP contribution is 2.44. The number of hydrazine groups is 1. The Balaban J connectivity index is 1.24. The van der Waals surface area contributed by atoms with E-state index in [9.17, 15) is 14.4 Å². The molecule has 1 aliphatic carbocycles. The van der Waals surface area contributed by atoms with Gasteiger partial charge in [-0.2, -0.15) is 0 Å². The van der Waals surface area contributed by atoms with Crippen LogP contribution < -0.4 is 10.7 Å². The molecule has 2 N–H and O–H groups in total. The van der Waals surface area contributed by atoms with Crippen LogP contribution in [0.25, 0.3) is 33.4 Å². The molecule has 3 aromatic heterocycles. The number of aromatic nitrogens is 3. The molecule has 2 bridgehead atoms. The maximum atomic E-state index is 15.1. The maximum absolute atomic E-state index is 15.1. The van der Waals surface area contributed by atoms with Gasteiger partial charge in [0.1, 0.15) is 22.7 Å². The first-order chi connectivity index (χ1) is 35.8. The third-order valence-electron chi connectivity index (χ3n) is 14.7. The maximum Gasteiger partial charge on any atom is 0.408 e. The molecule has 4 saturated heterocycles. The third kappa shape index (κ3) is 13.0. The summed E-state index contributed by atoms with van der Waals surface area (Å²) in [5, 5.41) is 8.18. The molecule has 5 fully saturated rings. The van der Waals surface area contributed by atoms with Crippen molar-refractivity contribution in [2.75, 3.05) is 80.0 Å². The van der Waals surface area contributed by atoms with Gasteiger partial charge in [-0.15, -0.1) is 11.3 Å². The van der Waals surface area contributed by atoms with Crippen molar-refractivity contribution >= 4 is 46.2 Å². The number of methoxy groups -OCH3 is 2. The molecule has 1 aromatic carbocycles. The molecule has 0 spiro atoms. The molecular formula is C56H76N8O10S. The van der Waals surface area contributed by atoms with Gasteiger partial charge in [-0.05, 0) is 90.5 Å². The van der Waals surface area contributed by atoms with Gasteiger partial charge in [-0.25, -0.2) is 15.2 Å². The lowest BCUT2D eigenvalue weighted by Gasteiger charge is -2.53. The van der Waals surface area contributed by atoms with Crippen molar-refractivity contribution in [2.24, 2.45) is 11.3 Å². The zero-order valence-electron chi connectivity index (χ0n) is 45.6. The average Bonchev–Trinajstić information content (AvgIpc) is 4.00. The number of hydrogen-bond acceptors (Lipinski definition) is 16. The molecule has 5 aliphatic rings. The summed E-state index contributed by atoms with van der Waals surface area (Å²) in [6.45, 7) is 23.8. The van der Waals surface area contributed by atoms with Gasteiger partial charge in [0.25, 0.3) is 5.91 Å². The number of benzene rings is 1. The van der Waals surface area contributed by atoms with E-state index in [2.05, 4.69) is 88.9 Å². The summed E-state index contributed by atoms with van der Waals surface area (Å²) in [5.41, 5.74) is 8.92. The van der Waals surface area contributed by atoms with E-state index in [1.165, 1.54) is 30.4 Å². The smallest absolute Gasteiger partial charge is 0.408 e. The Kier molecular flexibility index (Phi) is 17.7. The van der Waals surface area contributed by atoms with Gasteiger partial charge < -0.3 is 38.3 Å². The van der Waals surface area contributed by atoms with Gasteiger partial charge >= 0.3 is 18.0 Å². The van der Waals surface area contributed by atoms with Crippen LogP contribution >= 0.6 is 11.3 Å². The first-order valence-electron chi connectivity index (χ1n) is 26.3. The van der Waals surface area contributed by atoms with E-state index in [1.807, 2.05) is 18.5 Å². The molecule has 5 atom stereocenters. The lowest BCUT2D eigenvalue weighted by Crippen LogP contribution is -2.72. The minimum Gasteiger partial charge on any atom is -0.468 e. The molecule has 7 heterocycles. The average molecular weight is 1050 g/mol. The number of nitrogens with zero attached hydrogens (tertiary/aromatic N) is 6. The van der Waals surface area contributed by atoms with E-state index in [-0.39, 0.29) is 42.6 Å². The standard InChI is InChI=1S/C56H76N8O10S/c1-12-63-46-16-15-38(28-41(46)43(29-56(8,9)33-73-36(4)65)50(63)42-25-37(30-57-47(42)35(3)69-10)14-13-34(2)62-19-23-72-24-20-62)45-32-75-51(58-45)44(31-61-17-21-71-22-18-61)49(59-54(68)74-55(5,6)7)52(66)64-40-26-39(27-40)48(60-64)53(67)70-11/h15-16,25,28,30,32,34-35,39-40,44,48-49,60H,12,17-24,26-27,29,31,33H2,1-11H3,(H,59,68)/t34-,35+,39?,40?,44+,48+,49+/m1/s1. The Labute approximate surface area is 445 Å². The highest BCUT2D eigenvalue weighted by atomic mass is 32.1. The number of morpholine rings is 2. The molecule has 1 saturated carbocycles. The van der Waals surface area contributed by atoms with Crippen LogP contribution in [-0.2, 0) is 55.8 Å². The summed E-state index contributed by atoms with van der Waals surface area (Å²) in [4.78, 5) is 69.1. The van der Waals surface area contributed by atoms with E-state index in [0.29, 0.717) is 82.6 Å². The number of esters is 2. The van der Waals surface area contributed by atoms with E-state index in [4.69, 9.17) is 38.4 Å². The molecule has 2 amide bonds. The number of pyridine rings is 1. The molecule has 19 heteroatoms. The zero-order valence-corrected chi connectivity index (χ0v) is 46.4. The van der Waals surface area contributed by atoms with Gasteiger partial charge in [-0.3, -0.25) is 34.2 Å². The molecule has 75 heavy (non-hydrogen) atoms. The van der Waals surface area contributed by atoms with Gasteiger partial charge in [0.2, 0.25) is 0 Å². The fraction of sp³-hybridized carbons (Fsp3) is 0.607. The van der Waals surface area contributed by atoms with Crippen LogP contribution in [0.4, 0.5) is 4.79 Å². The van der Waals surface area contributed by atoms with Crippen molar-refractivity contribution in [1.29, 1.82) is 0 Å². The third-order valence-corrected chi connectivity index (χ3v) is 15.7. The van der Waals surface area contributed by atoms with Gasteiger partial charge in [-0.1, -0.05) is 31.8 Å². The molecular weight excluding hydrogens is 977 g/mol. The van der Waals surface area contributed by atoms with Crippen molar-refractivity contribution in [3.63, 3.8) is 0 Å². The zero-order chi connectivity index (χ0) is 53.8. The number of carbonyl (C=O) groups is 4. The Hall–Kier alpha value is -5.46. The molecule has 4 aliphatic heterocycles. The highest BCUT2D eigenvalue weighted by molar-refractivity contribution is 7.10. The number of thiazole rings is 1. The minimum absolute atomic E-state index is 0.0273. The number of nitrogens with one attached hydrogen (secondary N) is 2. The number of aryl methyl sites for hydroxylation is 1. The highest BCUT2D eigenvalue weighted by Gasteiger charge is 2.52. The first-order valence-corrected chi connectivity index (χ1v) is 27.2. The number of hydrogen-bond donors (Lipinski definition) is 2. The van der Waals surface area contributed by atoms with E-state index in [1.54, 1.807) is 27.9 Å². The predicted molar refractivity (Wildman–Crippen MR) is 286 cm³/mol. The Morgan fingerprint density at radius 2 is 1.69 bits per heavy atom. The van der Waals surface area contributed by atoms with Crippen LogP contribution in [0.3, 0.4) is 0 Å². The van der Waals surface area contributed by atoms with Crippen LogP contribution in [-0.4, -0.2) is 163 Å². The summed E-state index contributed by atoms with van der Waals surface area (Å²) >= 11 is 1.43. The number of carbonyl (C=O) groups excluding carboxylic acids is 4. The lowest BCUT2D eigenvalue weighted by atomic mass is 9.73. The normalized spacial score (nSPS) is 21.0. The second-order valence-electron chi connectivity index (χ2n) is 22.0. The molecule has 406 valence electrons. The molecule has 0 radical (unpaired) electrons. The predicted octanol–water partition coefficient (Wildman–Crippen LogP) is 6.73. The van der Waals surface area contributed by atoms with Crippen LogP contribution in [0, 0.1) is 23.2 Å². The topological polar surface area (TPSA) is 188 Å². The number of amides is 2. The fourth-order valence-corrected chi connectivity index (χ4v) is 11.6. The molecule has 4 aromatic rings. The largest absolute Gasteiger partial charge is 0.468 e. The van der Waals surface area contributed by atoms with E-state index in [0.717, 1.165) is 57.6 Å². The summed E-state index contributed by atoms with van der Waals surface area (Å²) < 4.78 is 36.2. The summed E-state index contributed by atoms with van der Waals surface area (Å²) in [7, 11) is 3.03. The summed E-state index contributed by atoms with van der Waals surface area (Å²) in [6, 6.07) is 6.57. The van der Waals surface area contributed by atoms with Crippen LogP contribution in [0.15, 0.2) is 35.8 Å². The number of ether oxygens (including phenoxy) is 6. The Morgan fingerprint density at radius 1 is 0.987 bits per heavy atom. The van der Waals surface area contributed by atoms with Crippen molar-refractivity contribution in [3.05, 3.63) is 57.7 Å². The van der Waals surface area contributed by atoms with Crippen LogP contribution in [0.1, 0.15) is 109 Å². The Bertz CT molecular complexity index is 2760. The van der Waals surface area contributed by atoms with Crippen molar-refractivity contribution < 1.29 is 47.6 Å². The quantitative estimate of drug-likeness (QED) is 0.0643. The second-order valence-corrected chi connectivity index (χ2v) is 22.9. The van der Waals surface area contributed by atoms with Crippen molar-refractivity contribution in [2.45, 2.75) is 130 Å². The molecule has 18 nitrogen and oxygen atoms in total. The lowest BCUT2D eigenvalue weighted by molar-refractivity contribution is -0.167. The van der Waals surface area contributed by atoms with Gasteiger partial charge in [0, 0.05) is 104 Å². The SMILES string of the molecule is CCn1c(-c2cc(C#C[C@@H](C)N3CCOCC3)cnc2[C@H](C)OC)c(CC(C)(C)COC(C)=O)c2cc(-c3csc([C@@H](CN4CCOCC4)[C@H](NC(=O)OC(C)(C)C)C(=O)N4N[C@H](C(=O)OC)C5CC4C5)n3)ccc21. The van der Waals surface area contributed by atoms with Gasteiger partial charge in [0.05, 0.1) is 75.3 Å². The van der Waals surface area contributed by atoms with E-state index >= 15 is 4.79 Å². The number of fused-ring (bicyclic) bond motifs is 3. The fourth-order valence-electron chi connectivity index (χ4n) is 10.6. The summed E-state index contributed by atoms with van der Waals surface area (Å²) in [6.07, 6.45) is 2.56. The first kappa shape index (κ1) is 55.8. The molecule has 0 unspecified atom stereocenters. The van der Waals surface area contributed by atoms with Crippen LogP contribution in [0.2, 0.25) is 0 Å². The van der Waals surface area contributed by atoms with E-state index < -0.39 is 41.1 Å². The van der Waals surface area contributed by atoms with Crippen molar-refractivity contribution in [1.82, 2.24) is 40.1 Å². The second kappa shape index (κ2) is 23.8. The minimum atomic E-state index is -1.13. The monoisotopic (exact) mass is 1050 g/mol. The van der Waals surface area contributed by atoms with Gasteiger partial charge in [0.15, 0.2) is 0 Å². The number of rotatable bonds is 17. The Morgan fingerprint density at radius 3 is 2.35 bits per heavy atom. The van der Waals surface area contributed by atoms with Crippen LogP contribution in [0.5, 0.6) is 0 Å².